The molecular formula is C21H19FN2O3. The Labute approximate surface area is 157 Å². The number of halogens is 1. The van der Waals surface area contributed by atoms with E-state index < -0.39 is 11.6 Å². The van der Waals surface area contributed by atoms with Gasteiger partial charge in [-0.25, -0.2) is 4.39 Å². The highest BCUT2D eigenvalue weighted by atomic mass is 19.1. The zero-order chi connectivity index (χ0) is 19.2. The van der Waals surface area contributed by atoms with Crippen LogP contribution in [-0.2, 0) is 4.74 Å². The lowest BCUT2D eigenvalue weighted by Crippen LogP contribution is -2.36. The molecule has 0 N–H and O–H groups in total. The summed E-state index contributed by atoms with van der Waals surface area (Å²) < 4.78 is 24.9. The fourth-order valence-electron chi connectivity index (χ4n) is 2.91. The van der Waals surface area contributed by atoms with Crippen LogP contribution in [0.25, 0.3) is 6.08 Å². The minimum Gasteiger partial charge on any atom is -0.497 e. The molecule has 5 nitrogen and oxygen atoms in total. The summed E-state index contributed by atoms with van der Waals surface area (Å²) >= 11 is 0. The number of allylic oxidation sites excluding steroid dienone is 1. The van der Waals surface area contributed by atoms with Crippen LogP contribution in [0.15, 0.2) is 48.0 Å². The number of morpholine rings is 1. The van der Waals surface area contributed by atoms with Crippen molar-refractivity contribution in [3.63, 3.8) is 0 Å². The van der Waals surface area contributed by atoms with Gasteiger partial charge in [0.15, 0.2) is 0 Å². The van der Waals surface area contributed by atoms with Crippen LogP contribution in [0.5, 0.6) is 5.75 Å². The second-order valence-corrected chi connectivity index (χ2v) is 6.04. The number of rotatable bonds is 5. The number of nitrogens with zero attached hydrogens (tertiary/aromatic N) is 2. The summed E-state index contributed by atoms with van der Waals surface area (Å²) in [6.07, 6.45) is 1.47. The molecule has 0 bridgehead atoms. The predicted octanol–water partition coefficient (Wildman–Crippen LogP) is 3.46. The molecule has 3 rings (SSSR count). The van der Waals surface area contributed by atoms with E-state index in [9.17, 15) is 14.4 Å². The van der Waals surface area contributed by atoms with Gasteiger partial charge in [0.05, 0.1) is 26.0 Å². The molecule has 0 aromatic heterocycles. The molecule has 0 radical (unpaired) electrons. The Hall–Kier alpha value is -3.17. The lowest BCUT2D eigenvalue weighted by molar-refractivity contribution is 0.103. The van der Waals surface area contributed by atoms with Crippen molar-refractivity contribution in [2.75, 3.05) is 38.3 Å². The van der Waals surface area contributed by atoms with Crippen molar-refractivity contribution in [1.29, 1.82) is 5.26 Å². The second-order valence-electron chi connectivity index (χ2n) is 6.04. The molecule has 0 spiro atoms. The number of carbonyl (C=O) groups excluding carboxylic acids is 1. The Morgan fingerprint density at radius 1 is 1.26 bits per heavy atom. The molecule has 1 aliphatic heterocycles. The van der Waals surface area contributed by atoms with Crippen LogP contribution in [0, 0.1) is 17.1 Å². The molecule has 0 unspecified atom stereocenters. The number of carbonyl (C=O) groups is 1. The zero-order valence-corrected chi connectivity index (χ0v) is 14.9. The first kappa shape index (κ1) is 18.6. The SMILES string of the molecule is COc1cccc(/C=C(\C#N)C(=O)c2ccc(N3CCOCC3)c(F)c2)c1. The zero-order valence-electron chi connectivity index (χ0n) is 14.9. The van der Waals surface area contributed by atoms with Crippen LogP contribution in [0.2, 0.25) is 0 Å². The average Bonchev–Trinajstić information content (AvgIpc) is 2.72. The number of hydrogen-bond donors (Lipinski definition) is 0. The van der Waals surface area contributed by atoms with E-state index in [4.69, 9.17) is 9.47 Å². The van der Waals surface area contributed by atoms with Gasteiger partial charge in [0.2, 0.25) is 5.78 Å². The van der Waals surface area contributed by atoms with Crippen LogP contribution in [0.4, 0.5) is 10.1 Å². The van der Waals surface area contributed by atoms with E-state index in [0.29, 0.717) is 43.3 Å². The molecule has 0 saturated carbocycles. The molecular weight excluding hydrogens is 347 g/mol. The normalized spacial score (nSPS) is 14.6. The highest BCUT2D eigenvalue weighted by Gasteiger charge is 2.18. The molecule has 1 saturated heterocycles. The largest absolute Gasteiger partial charge is 0.497 e. The summed E-state index contributed by atoms with van der Waals surface area (Å²) in [5.41, 5.74) is 1.16. The van der Waals surface area contributed by atoms with Crippen molar-refractivity contribution in [2.45, 2.75) is 0 Å². The van der Waals surface area contributed by atoms with E-state index in [1.54, 1.807) is 36.4 Å². The third-order valence-corrected chi connectivity index (χ3v) is 4.33. The molecule has 138 valence electrons. The smallest absolute Gasteiger partial charge is 0.203 e. The Balaban J connectivity index is 1.86. The van der Waals surface area contributed by atoms with Gasteiger partial charge in [-0.3, -0.25) is 4.79 Å². The van der Waals surface area contributed by atoms with Crippen molar-refractivity contribution >= 4 is 17.5 Å². The van der Waals surface area contributed by atoms with Gasteiger partial charge >= 0.3 is 0 Å². The Kier molecular flexibility index (Phi) is 5.84. The molecule has 0 amide bonds. The Morgan fingerprint density at radius 3 is 2.70 bits per heavy atom. The van der Waals surface area contributed by atoms with Gasteiger partial charge in [-0.15, -0.1) is 0 Å². The summed E-state index contributed by atoms with van der Waals surface area (Å²) in [5, 5.41) is 9.39. The van der Waals surface area contributed by atoms with Gasteiger partial charge in [-0.1, -0.05) is 12.1 Å². The van der Waals surface area contributed by atoms with Crippen LogP contribution >= 0.6 is 0 Å². The molecule has 0 atom stereocenters. The van der Waals surface area contributed by atoms with Gasteiger partial charge in [-0.05, 0) is 42.0 Å². The third kappa shape index (κ3) is 4.33. The number of anilines is 1. The molecule has 27 heavy (non-hydrogen) atoms. The third-order valence-electron chi connectivity index (χ3n) is 4.33. The molecule has 2 aromatic rings. The minimum atomic E-state index is -0.521. The van der Waals surface area contributed by atoms with E-state index in [0.717, 1.165) is 0 Å². The highest BCUT2D eigenvalue weighted by Crippen LogP contribution is 2.23. The van der Waals surface area contributed by atoms with E-state index in [1.165, 1.54) is 19.3 Å². The number of nitriles is 1. The summed E-state index contributed by atoms with van der Waals surface area (Å²) in [7, 11) is 1.54. The summed E-state index contributed by atoms with van der Waals surface area (Å²) in [4.78, 5) is 14.5. The number of ketones is 1. The molecule has 0 aliphatic carbocycles. The predicted molar refractivity (Wildman–Crippen MR) is 100 cm³/mol. The van der Waals surface area contributed by atoms with Crippen molar-refractivity contribution in [3.05, 3.63) is 65.0 Å². The van der Waals surface area contributed by atoms with E-state index in [2.05, 4.69) is 0 Å². The second kappa shape index (κ2) is 8.47. The first-order valence-corrected chi connectivity index (χ1v) is 8.55. The number of methoxy groups -OCH3 is 1. The van der Waals surface area contributed by atoms with E-state index in [-0.39, 0.29) is 11.1 Å². The topological polar surface area (TPSA) is 62.6 Å². The monoisotopic (exact) mass is 366 g/mol. The maximum atomic E-state index is 14.5. The standard InChI is InChI=1S/C21H19FN2O3/c1-26-18-4-2-3-15(12-18)11-17(14-23)21(25)16-5-6-20(19(22)13-16)24-7-9-27-10-8-24/h2-6,11-13H,7-10H2,1H3/b17-11+. The van der Waals surface area contributed by atoms with Gasteiger partial charge in [0, 0.05) is 18.7 Å². The lowest BCUT2D eigenvalue weighted by atomic mass is 10.0. The molecule has 1 fully saturated rings. The van der Waals surface area contributed by atoms with Crippen LogP contribution in [0.3, 0.4) is 0 Å². The molecule has 2 aromatic carbocycles. The quantitative estimate of drug-likeness (QED) is 0.461. The maximum Gasteiger partial charge on any atom is 0.203 e. The summed E-state index contributed by atoms with van der Waals surface area (Å²) in [6.45, 7) is 2.29. The average molecular weight is 366 g/mol. The minimum absolute atomic E-state index is 0.0678. The van der Waals surface area contributed by atoms with Crippen molar-refractivity contribution < 1.29 is 18.7 Å². The van der Waals surface area contributed by atoms with Crippen LogP contribution in [0.1, 0.15) is 15.9 Å². The van der Waals surface area contributed by atoms with Crippen LogP contribution < -0.4 is 9.64 Å². The molecule has 1 heterocycles. The van der Waals surface area contributed by atoms with E-state index >= 15 is 0 Å². The van der Waals surface area contributed by atoms with Crippen molar-refractivity contribution in [2.24, 2.45) is 0 Å². The first-order chi connectivity index (χ1) is 13.1. The first-order valence-electron chi connectivity index (χ1n) is 8.55. The molecule has 6 heteroatoms. The van der Waals surface area contributed by atoms with Crippen molar-refractivity contribution in [3.8, 4) is 11.8 Å². The lowest BCUT2D eigenvalue weighted by Gasteiger charge is -2.29. The highest BCUT2D eigenvalue weighted by molar-refractivity contribution is 6.14. The number of hydrogen-bond acceptors (Lipinski definition) is 5. The van der Waals surface area contributed by atoms with Gasteiger partial charge < -0.3 is 14.4 Å². The van der Waals surface area contributed by atoms with Gasteiger partial charge in [-0.2, -0.15) is 5.26 Å². The Bertz CT molecular complexity index is 912. The van der Waals surface area contributed by atoms with Crippen molar-refractivity contribution in [1.82, 2.24) is 0 Å². The number of benzene rings is 2. The summed E-state index contributed by atoms with van der Waals surface area (Å²) in [6, 6.07) is 13.2. The van der Waals surface area contributed by atoms with Gasteiger partial charge in [0.1, 0.15) is 23.2 Å². The molecule has 1 aliphatic rings. The number of Topliss-reactive ketones (excluding diaryl/α,β-unsaturated/α-hetero) is 1. The fourth-order valence-corrected chi connectivity index (χ4v) is 2.91. The fraction of sp³-hybridized carbons (Fsp3) is 0.238. The summed E-state index contributed by atoms with van der Waals surface area (Å²) in [5.74, 6) is -0.386. The van der Waals surface area contributed by atoms with E-state index in [1.807, 2.05) is 11.0 Å². The number of ether oxygens (including phenoxy) is 2. The van der Waals surface area contributed by atoms with Crippen LogP contribution in [-0.4, -0.2) is 39.2 Å². The maximum absolute atomic E-state index is 14.5. The Morgan fingerprint density at radius 2 is 2.04 bits per heavy atom. The van der Waals surface area contributed by atoms with Gasteiger partial charge in [0.25, 0.3) is 0 Å².